The summed E-state index contributed by atoms with van der Waals surface area (Å²) in [6.07, 6.45) is 4.79. The predicted octanol–water partition coefficient (Wildman–Crippen LogP) is 4.19. The molecular formula is C21H22ClN3O2. The van der Waals surface area contributed by atoms with Crippen molar-refractivity contribution in [2.45, 2.75) is 19.5 Å². The molecule has 0 fully saturated rings. The minimum absolute atomic E-state index is 0.181. The number of phenols is 1. The second-order valence-corrected chi connectivity index (χ2v) is 7.18. The lowest BCUT2D eigenvalue weighted by molar-refractivity contribution is 0.218. The van der Waals surface area contributed by atoms with E-state index in [1.165, 1.54) is 0 Å². The third-order valence-electron chi connectivity index (χ3n) is 4.77. The summed E-state index contributed by atoms with van der Waals surface area (Å²) in [5.74, 6) is 0.774. The molecule has 1 N–H and O–H groups in total. The maximum atomic E-state index is 10.5. The number of halogens is 1. The summed E-state index contributed by atoms with van der Waals surface area (Å²) in [5, 5.41) is 15.4. The average Bonchev–Trinajstić information content (AvgIpc) is 3.08. The van der Waals surface area contributed by atoms with Crippen LogP contribution in [0, 0.1) is 0 Å². The van der Waals surface area contributed by atoms with E-state index >= 15 is 0 Å². The molecule has 6 heteroatoms. The van der Waals surface area contributed by atoms with Gasteiger partial charge in [-0.3, -0.25) is 9.58 Å². The number of hydrogen-bond acceptors (Lipinski definition) is 4. The van der Waals surface area contributed by atoms with Gasteiger partial charge in [-0.1, -0.05) is 23.7 Å². The van der Waals surface area contributed by atoms with Crippen molar-refractivity contribution in [1.82, 2.24) is 14.7 Å². The Morgan fingerprint density at radius 3 is 2.85 bits per heavy atom. The van der Waals surface area contributed by atoms with Gasteiger partial charge in [0.1, 0.15) is 6.61 Å². The number of aryl methyl sites for hydroxylation is 1. The zero-order valence-corrected chi connectivity index (χ0v) is 15.8. The van der Waals surface area contributed by atoms with Crippen LogP contribution in [0.4, 0.5) is 0 Å². The molecule has 2 heterocycles. The number of fused-ring (bicyclic) bond motifs is 1. The molecule has 1 aliphatic rings. The fraction of sp³-hybridized carbons (Fsp3) is 0.286. The van der Waals surface area contributed by atoms with Crippen LogP contribution in [0.2, 0.25) is 5.02 Å². The van der Waals surface area contributed by atoms with Crippen LogP contribution in [0.1, 0.15) is 12.0 Å². The Bertz CT molecular complexity index is 912. The zero-order valence-electron chi connectivity index (χ0n) is 15.0. The summed E-state index contributed by atoms with van der Waals surface area (Å²) in [6.45, 7) is 3.99. The van der Waals surface area contributed by atoms with E-state index in [0.29, 0.717) is 17.4 Å². The first kappa shape index (κ1) is 17.9. The van der Waals surface area contributed by atoms with E-state index < -0.39 is 0 Å². The van der Waals surface area contributed by atoms with E-state index in [1.54, 1.807) is 12.3 Å². The quantitative estimate of drug-likeness (QED) is 0.717. The van der Waals surface area contributed by atoms with Crippen molar-refractivity contribution in [3.8, 4) is 22.6 Å². The normalized spacial score (nSPS) is 14.4. The molecule has 0 bridgehead atoms. The van der Waals surface area contributed by atoms with Gasteiger partial charge in [0.2, 0.25) is 0 Å². The lowest BCUT2D eigenvalue weighted by Gasteiger charge is -2.19. The number of aromatic hydroxyl groups is 1. The Hall–Kier alpha value is -2.50. The molecule has 2 aromatic carbocycles. The summed E-state index contributed by atoms with van der Waals surface area (Å²) in [4.78, 5) is 2.36. The summed E-state index contributed by atoms with van der Waals surface area (Å²) >= 11 is 6.12. The van der Waals surface area contributed by atoms with Gasteiger partial charge in [0.05, 0.1) is 0 Å². The van der Waals surface area contributed by atoms with Gasteiger partial charge in [-0.25, -0.2) is 0 Å². The molecule has 0 radical (unpaired) electrons. The van der Waals surface area contributed by atoms with E-state index in [0.717, 1.165) is 49.3 Å². The Balaban J connectivity index is 1.52. The van der Waals surface area contributed by atoms with Gasteiger partial charge in [0, 0.05) is 49.2 Å². The van der Waals surface area contributed by atoms with Crippen LogP contribution in [0.15, 0.2) is 54.9 Å². The molecule has 0 unspecified atom stereocenters. The highest BCUT2D eigenvalue weighted by Gasteiger charge is 2.19. The molecule has 1 aliphatic heterocycles. The van der Waals surface area contributed by atoms with Gasteiger partial charge in [-0.2, -0.15) is 5.10 Å². The highest BCUT2D eigenvalue weighted by Crippen LogP contribution is 2.38. The van der Waals surface area contributed by atoms with E-state index in [-0.39, 0.29) is 5.75 Å². The lowest BCUT2D eigenvalue weighted by Crippen LogP contribution is -2.27. The van der Waals surface area contributed by atoms with Crippen LogP contribution < -0.4 is 4.74 Å². The van der Waals surface area contributed by atoms with Crippen LogP contribution in [0.25, 0.3) is 11.1 Å². The SMILES string of the molecule is Oc1cc(-c2cccc(Cl)c2)cc2c1OCCN(CCCn1cccn1)C2. The minimum Gasteiger partial charge on any atom is -0.504 e. The molecule has 0 saturated carbocycles. The molecule has 27 heavy (non-hydrogen) atoms. The predicted molar refractivity (Wildman–Crippen MR) is 106 cm³/mol. The Kier molecular flexibility index (Phi) is 5.32. The van der Waals surface area contributed by atoms with E-state index in [1.807, 2.05) is 41.2 Å². The van der Waals surface area contributed by atoms with E-state index in [4.69, 9.17) is 16.3 Å². The fourth-order valence-electron chi connectivity index (χ4n) is 3.47. The van der Waals surface area contributed by atoms with Crippen molar-refractivity contribution in [3.63, 3.8) is 0 Å². The fourth-order valence-corrected chi connectivity index (χ4v) is 3.66. The molecule has 0 atom stereocenters. The first-order valence-corrected chi connectivity index (χ1v) is 9.51. The van der Waals surface area contributed by atoms with E-state index in [2.05, 4.69) is 16.1 Å². The van der Waals surface area contributed by atoms with Crippen LogP contribution in [-0.4, -0.2) is 39.5 Å². The van der Waals surface area contributed by atoms with Gasteiger partial charge < -0.3 is 9.84 Å². The Morgan fingerprint density at radius 1 is 1.11 bits per heavy atom. The maximum absolute atomic E-state index is 10.5. The largest absolute Gasteiger partial charge is 0.504 e. The van der Waals surface area contributed by atoms with Crippen molar-refractivity contribution in [3.05, 3.63) is 65.4 Å². The topological polar surface area (TPSA) is 50.5 Å². The highest BCUT2D eigenvalue weighted by molar-refractivity contribution is 6.30. The number of benzene rings is 2. The Morgan fingerprint density at radius 2 is 2.04 bits per heavy atom. The number of ether oxygens (including phenoxy) is 1. The molecule has 140 valence electrons. The summed E-state index contributed by atoms with van der Waals surface area (Å²) in [6, 6.07) is 13.4. The molecule has 0 saturated heterocycles. The molecule has 0 spiro atoms. The van der Waals surface area contributed by atoms with Crippen molar-refractivity contribution in [2.75, 3.05) is 19.7 Å². The lowest BCUT2D eigenvalue weighted by atomic mass is 10.0. The van der Waals surface area contributed by atoms with Gasteiger partial charge in [-0.05, 0) is 47.9 Å². The van der Waals surface area contributed by atoms with Crippen LogP contribution in [0.3, 0.4) is 0 Å². The van der Waals surface area contributed by atoms with E-state index in [9.17, 15) is 5.11 Å². The van der Waals surface area contributed by atoms with Gasteiger partial charge in [0.25, 0.3) is 0 Å². The van der Waals surface area contributed by atoms with Gasteiger partial charge in [-0.15, -0.1) is 0 Å². The highest BCUT2D eigenvalue weighted by atomic mass is 35.5. The monoisotopic (exact) mass is 383 g/mol. The molecule has 1 aromatic heterocycles. The minimum atomic E-state index is 0.181. The molecule has 5 nitrogen and oxygen atoms in total. The number of aromatic nitrogens is 2. The molecule has 0 amide bonds. The summed E-state index contributed by atoms with van der Waals surface area (Å²) in [7, 11) is 0. The smallest absolute Gasteiger partial charge is 0.165 e. The molecular weight excluding hydrogens is 362 g/mol. The van der Waals surface area contributed by atoms with Gasteiger partial charge >= 0.3 is 0 Å². The van der Waals surface area contributed by atoms with Crippen molar-refractivity contribution in [2.24, 2.45) is 0 Å². The van der Waals surface area contributed by atoms with Crippen molar-refractivity contribution in [1.29, 1.82) is 0 Å². The van der Waals surface area contributed by atoms with Crippen molar-refractivity contribution >= 4 is 11.6 Å². The molecule has 0 aliphatic carbocycles. The second kappa shape index (κ2) is 8.03. The van der Waals surface area contributed by atoms with Crippen LogP contribution in [0.5, 0.6) is 11.5 Å². The zero-order chi connectivity index (χ0) is 18.6. The third kappa shape index (κ3) is 4.26. The first-order chi connectivity index (χ1) is 13.2. The summed E-state index contributed by atoms with van der Waals surface area (Å²) < 4.78 is 7.79. The average molecular weight is 384 g/mol. The second-order valence-electron chi connectivity index (χ2n) is 6.74. The number of nitrogens with zero attached hydrogens (tertiary/aromatic N) is 3. The molecule has 3 aromatic rings. The number of phenolic OH excluding ortho intramolecular Hbond substituents is 1. The first-order valence-electron chi connectivity index (χ1n) is 9.13. The number of hydrogen-bond donors (Lipinski definition) is 1. The maximum Gasteiger partial charge on any atom is 0.165 e. The van der Waals surface area contributed by atoms with Crippen molar-refractivity contribution < 1.29 is 9.84 Å². The molecule has 4 rings (SSSR count). The number of rotatable bonds is 5. The van der Waals surface area contributed by atoms with Crippen LogP contribution >= 0.6 is 11.6 Å². The van der Waals surface area contributed by atoms with Gasteiger partial charge in [0.15, 0.2) is 11.5 Å². The standard InChI is InChI=1S/C21H22ClN3O2/c22-19-5-1-4-16(13-19)17-12-18-15-24(7-3-9-25-8-2-6-23-25)10-11-27-21(18)20(26)14-17/h1-2,4-6,8,12-14,26H,3,7,9-11,15H2. The van der Waals surface area contributed by atoms with Crippen LogP contribution in [-0.2, 0) is 13.1 Å². The Labute approximate surface area is 163 Å². The summed E-state index contributed by atoms with van der Waals surface area (Å²) in [5.41, 5.74) is 2.92. The third-order valence-corrected chi connectivity index (χ3v) is 5.01.